The Hall–Kier alpha value is -2.63. The van der Waals surface area contributed by atoms with Gasteiger partial charge in [0, 0.05) is 43.4 Å². The number of nitrogens with zero attached hydrogens (tertiary/aromatic N) is 2. The monoisotopic (exact) mass is 430 g/mol. The Morgan fingerprint density at radius 2 is 1.57 bits per heavy atom. The van der Waals surface area contributed by atoms with Gasteiger partial charge in [0.05, 0.1) is 0 Å². The van der Waals surface area contributed by atoms with Gasteiger partial charge in [0.2, 0.25) is 0 Å². The van der Waals surface area contributed by atoms with E-state index in [-0.39, 0.29) is 0 Å². The van der Waals surface area contributed by atoms with Gasteiger partial charge in [0.25, 0.3) is 0 Å². The summed E-state index contributed by atoms with van der Waals surface area (Å²) in [5, 5.41) is 9.39. The number of aryl methyl sites for hydroxylation is 1. The molecule has 6 heteroatoms. The van der Waals surface area contributed by atoms with Crippen molar-refractivity contribution in [1.82, 2.24) is 4.90 Å². The molecule has 0 aromatic heterocycles. The van der Waals surface area contributed by atoms with Gasteiger partial charge in [-0.05, 0) is 60.5 Å². The van der Waals surface area contributed by atoms with Gasteiger partial charge in [0.1, 0.15) is 5.75 Å². The third kappa shape index (κ3) is 6.18. The van der Waals surface area contributed by atoms with E-state index in [2.05, 4.69) is 22.8 Å². The molecule has 3 nitrogen and oxygen atoms in total. The first kappa shape index (κ1) is 22.1. The molecule has 30 heavy (non-hydrogen) atoms. The fourth-order valence-corrected chi connectivity index (χ4v) is 3.67. The number of para-hydroxylation sites is 1. The molecule has 1 saturated heterocycles. The molecule has 0 aliphatic carbocycles. The minimum atomic E-state index is -0.795. The molecule has 1 fully saturated rings. The van der Waals surface area contributed by atoms with E-state index in [0.29, 0.717) is 12.3 Å². The number of benzene rings is 3. The SMILES string of the molecule is Cc1cc(Cl)ccc1N1CCN(Cc2ccc(F)c(F)c2)CC1.Oc1ccccc1. The van der Waals surface area contributed by atoms with Crippen LogP contribution in [0.25, 0.3) is 0 Å². The van der Waals surface area contributed by atoms with E-state index in [1.165, 1.54) is 23.4 Å². The lowest BCUT2D eigenvalue weighted by molar-refractivity contribution is 0.249. The van der Waals surface area contributed by atoms with E-state index in [9.17, 15) is 8.78 Å². The molecule has 0 radical (unpaired) electrons. The molecule has 3 aromatic rings. The van der Waals surface area contributed by atoms with Gasteiger partial charge in [-0.15, -0.1) is 0 Å². The molecule has 0 saturated carbocycles. The zero-order chi connectivity index (χ0) is 21.5. The maximum absolute atomic E-state index is 13.3. The van der Waals surface area contributed by atoms with Crippen molar-refractivity contribution in [3.63, 3.8) is 0 Å². The molecular formula is C24H25ClF2N2O. The van der Waals surface area contributed by atoms with Crippen molar-refractivity contribution in [2.24, 2.45) is 0 Å². The molecule has 1 heterocycles. The average molecular weight is 431 g/mol. The van der Waals surface area contributed by atoms with E-state index in [1.54, 1.807) is 30.3 Å². The summed E-state index contributed by atoms with van der Waals surface area (Å²) in [4.78, 5) is 4.60. The van der Waals surface area contributed by atoms with Gasteiger partial charge in [0.15, 0.2) is 11.6 Å². The molecule has 0 spiro atoms. The van der Waals surface area contributed by atoms with Gasteiger partial charge >= 0.3 is 0 Å². The zero-order valence-electron chi connectivity index (χ0n) is 16.9. The Bertz CT molecular complexity index is 961. The standard InChI is InChI=1S/C18H19ClF2N2.C6H6O/c1-13-10-15(19)3-5-18(13)23-8-6-22(7-9-23)12-14-2-4-16(20)17(21)11-14;7-6-4-2-1-3-5-6/h2-5,10-11H,6-9,12H2,1H3;1-5,7H. The lowest BCUT2D eigenvalue weighted by Crippen LogP contribution is -2.46. The highest BCUT2D eigenvalue weighted by atomic mass is 35.5. The summed E-state index contributed by atoms with van der Waals surface area (Å²) in [6.45, 7) is 6.31. The van der Waals surface area contributed by atoms with Crippen molar-refractivity contribution in [3.05, 3.63) is 94.5 Å². The highest BCUT2D eigenvalue weighted by Gasteiger charge is 2.19. The Kier molecular flexibility index (Phi) is 7.66. The van der Waals surface area contributed by atoms with Crippen molar-refractivity contribution in [1.29, 1.82) is 0 Å². The summed E-state index contributed by atoms with van der Waals surface area (Å²) in [6.07, 6.45) is 0. The molecule has 158 valence electrons. The van der Waals surface area contributed by atoms with Crippen LogP contribution in [0.4, 0.5) is 14.5 Å². The van der Waals surface area contributed by atoms with Crippen LogP contribution in [0.1, 0.15) is 11.1 Å². The maximum Gasteiger partial charge on any atom is 0.159 e. The molecule has 4 rings (SSSR count). The predicted molar refractivity (Wildman–Crippen MR) is 118 cm³/mol. The second-order valence-corrected chi connectivity index (χ2v) is 7.71. The van der Waals surface area contributed by atoms with E-state index < -0.39 is 11.6 Å². The normalized spacial score (nSPS) is 14.2. The molecule has 3 aromatic carbocycles. The van der Waals surface area contributed by atoms with E-state index in [0.717, 1.165) is 36.8 Å². The van der Waals surface area contributed by atoms with Crippen LogP contribution >= 0.6 is 11.6 Å². The fraction of sp³-hybridized carbons (Fsp3) is 0.250. The van der Waals surface area contributed by atoms with Crippen LogP contribution in [0.5, 0.6) is 5.75 Å². The molecule has 0 atom stereocenters. The Morgan fingerprint density at radius 1 is 0.867 bits per heavy atom. The van der Waals surface area contributed by atoms with Crippen LogP contribution in [0.3, 0.4) is 0 Å². The predicted octanol–water partition coefficient (Wildman–Crippen LogP) is 5.64. The van der Waals surface area contributed by atoms with Crippen LogP contribution in [-0.4, -0.2) is 36.2 Å². The number of aromatic hydroxyl groups is 1. The van der Waals surface area contributed by atoms with Crippen LogP contribution in [0.15, 0.2) is 66.7 Å². The summed E-state index contributed by atoms with van der Waals surface area (Å²) in [7, 11) is 0. The van der Waals surface area contributed by atoms with Gasteiger partial charge < -0.3 is 10.0 Å². The smallest absolute Gasteiger partial charge is 0.159 e. The first-order valence-electron chi connectivity index (χ1n) is 9.84. The third-order valence-corrected chi connectivity index (χ3v) is 5.25. The van der Waals surface area contributed by atoms with Gasteiger partial charge in [-0.1, -0.05) is 35.9 Å². The van der Waals surface area contributed by atoms with Crippen molar-refractivity contribution in [2.45, 2.75) is 13.5 Å². The van der Waals surface area contributed by atoms with Crippen molar-refractivity contribution in [2.75, 3.05) is 31.1 Å². The van der Waals surface area contributed by atoms with Crippen molar-refractivity contribution in [3.8, 4) is 5.75 Å². The van der Waals surface area contributed by atoms with E-state index in [1.807, 2.05) is 18.2 Å². The highest BCUT2D eigenvalue weighted by Crippen LogP contribution is 2.25. The number of rotatable bonds is 3. The van der Waals surface area contributed by atoms with Gasteiger partial charge in [-0.2, -0.15) is 0 Å². The minimum absolute atomic E-state index is 0.322. The van der Waals surface area contributed by atoms with Gasteiger partial charge in [-0.25, -0.2) is 8.78 Å². The van der Waals surface area contributed by atoms with Crippen LogP contribution in [0, 0.1) is 18.6 Å². The lowest BCUT2D eigenvalue weighted by atomic mass is 10.1. The molecule has 0 unspecified atom stereocenters. The first-order valence-corrected chi connectivity index (χ1v) is 10.2. The molecule has 0 bridgehead atoms. The number of hydrogen-bond donors (Lipinski definition) is 1. The topological polar surface area (TPSA) is 26.7 Å². The Morgan fingerprint density at radius 3 is 2.13 bits per heavy atom. The Labute approximate surface area is 181 Å². The summed E-state index contributed by atoms with van der Waals surface area (Å²) in [5.41, 5.74) is 3.19. The van der Waals surface area contributed by atoms with Crippen LogP contribution in [0.2, 0.25) is 5.02 Å². The number of anilines is 1. The van der Waals surface area contributed by atoms with Crippen LogP contribution in [-0.2, 0) is 6.54 Å². The molecular weight excluding hydrogens is 406 g/mol. The van der Waals surface area contributed by atoms with E-state index in [4.69, 9.17) is 16.7 Å². The summed E-state index contributed by atoms with van der Waals surface area (Å²) < 4.78 is 26.3. The highest BCUT2D eigenvalue weighted by molar-refractivity contribution is 6.30. The molecule has 0 amide bonds. The number of phenolic OH excluding ortho intramolecular Hbond substituents is 1. The minimum Gasteiger partial charge on any atom is -0.508 e. The lowest BCUT2D eigenvalue weighted by Gasteiger charge is -2.36. The average Bonchev–Trinajstić information content (AvgIpc) is 2.73. The van der Waals surface area contributed by atoms with Crippen molar-refractivity contribution < 1.29 is 13.9 Å². The maximum atomic E-state index is 13.3. The van der Waals surface area contributed by atoms with E-state index >= 15 is 0 Å². The largest absolute Gasteiger partial charge is 0.508 e. The summed E-state index contributed by atoms with van der Waals surface area (Å²) in [6, 6.07) is 18.8. The second kappa shape index (κ2) is 10.4. The van der Waals surface area contributed by atoms with Crippen LogP contribution < -0.4 is 4.90 Å². The van der Waals surface area contributed by atoms with Crippen molar-refractivity contribution >= 4 is 17.3 Å². The van der Waals surface area contributed by atoms with Gasteiger partial charge in [-0.3, -0.25) is 4.90 Å². The number of hydrogen-bond acceptors (Lipinski definition) is 3. The summed E-state index contributed by atoms with van der Waals surface area (Å²) >= 11 is 6.01. The molecule has 1 aliphatic rings. The quantitative estimate of drug-likeness (QED) is 0.582. The fourth-order valence-electron chi connectivity index (χ4n) is 3.44. The number of halogens is 3. The second-order valence-electron chi connectivity index (χ2n) is 7.28. The number of phenols is 1. The molecule has 1 aliphatic heterocycles. The Balaban J connectivity index is 0.000000310. The molecule has 1 N–H and O–H groups in total. The number of piperazine rings is 1. The summed E-state index contributed by atoms with van der Waals surface area (Å²) in [5.74, 6) is -1.25. The first-order chi connectivity index (χ1) is 14.4. The zero-order valence-corrected chi connectivity index (χ0v) is 17.6. The third-order valence-electron chi connectivity index (χ3n) is 5.02.